The molecule has 1 atom stereocenters. The predicted octanol–water partition coefficient (Wildman–Crippen LogP) is 2.85. The molecule has 0 saturated heterocycles. The summed E-state index contributed by atoms with van der Waals surface area (Å²) >= 11 is 0. The number of nitriles is 1. The van der Waals surface area contributed by atoms with Crippen molar-refractivity contribution >= 4 is 14.3 Å². The van der Waals surface area contributed by atoms with Crippen molar-refractivity contribution in [2.45, 2.75) is 57.8 Å². The Labute approximate surface area is 105 Å². The highest BCUT2D eigenvalue weighted by atomic mass is 28.4. The Morgan fingerprint density at radius 3 is 2.29 bits per heavy atom. The van der Waals surface area contributed by atoms with Gasteiger partial charge in [0.05, 0.1) is 13.2 Å². The molecular formula is C12H23NO3Si. The fourth-order valence-electron chi connectivity index (χ4n) is 1.03. The van der Waals surface area contributed by atoms with Gasteiger partial charge in [-0.05, 0) is 24.6 Å². The zero-order valence-electron chi connectivity index (χ0n) is 11.7. The number of hydrogen-bond donors (Lipinski definition) is 0. The first kappa shape index (κ1) is 16.1. The third-order valence-electron chi connectivity index (χ3n) is 3.23. The van der Waals surface area contributed by atoms with Crippen LogP contribution in [0.3, 0.4) is 0 Å². The lowest BCUT2D eigenvalue weighted by Crippen LogP contribution is -2.43. The number of nitrogens with zero attached hydrogens (tertiary/aromatic N) is 1. The van der Waals surface area contributed by atoms with Crippen LogP contribution in [0, 0.1) is 11.3 Å². The number of methoxy groups -OCH3 is 1. The Bertz CT molecular complexity index is 302. The Morgan fingerprint density at radius 2 is 1.94 bits per heavy atom. The maximum atomic E-state index is 11.0. The van der Waals surface area contributed by atoms with Crippen LogP contribution in [0.1, 0.15) is 33.6 Å². The molecule has 17 heavy (non-hydrogen) atoms. The van der Waals surface area contributed by atoms with Crippen molar-refractivity contribution in [1.29, 1.82) is 5.26 Å². The molecule has 0 aromatic heterocycles. The van der Waals surface area contributed by atoms with Gasteiger partial charge < -0.3 is 9.16 Å². The van der Waals surface area contributed by atoms with Crippen LogP contribution in [-0.4, -0.2) is 27.5 Å². The molecule has 0 bridgehead atoms. The number of esters is 1. The van der Waals surface area contributed by atoms with E-state index in [0.29, 0.717) is 6.42 Å². The lowest BCUT2D eigenvalue weighted by atomic mass is 10.2. The number of carbonyl (C=O) groups excluding carboxylic acids is 1. The Balaban J connectivity index is 4.42. The third-order valence-corrected chi connectivity index (χ3v) is 7.71. The van der Waals surface area contributed by atoms with Crippen molar-refractivity contribution < 1.29 is 14.0 Å². The second kappa shape index (κ2) is 6.17. The van der Waals surface area contributed by atoms with Crippen molar-refractivity contribution in [3.63, 3.8) is 0 Å². The number of ether oxygens (including phenoxy) is 1. The summed E-state index contributed by atoms with van der Waals surface area (Å²) in [5.74, 6) is -0.302. The van der Waals surface area contributed by atoms with E-state index in [9.17, 15) is 4.79 Å². The smallest absolute Gasteiger partial charge is 0.305 e. The quantitative estimate of drug-likeness (QED) is 0.561. The van der Waals surface area contributed by atoms with Gasteiger partial charge in [0.25, 0.3) is 0 Å². The Kier molecular flexibility index (Phi) is 5.86. The molecule has 0 unspecified atom stereocenters. The second-order valence-corrected chi connectivity index (χ2v) is 10.4. The van der Waals surface area contributed by atoms with E-state index in [1.54, 1.807) is 0 Å². The molecule has 0 radical (unpaired) electrons. The molecule has 0 fully saturated rings. The summed E-state index contributed by atoms with van der Waals surface area (Å²) in [4.78, 5) is 11.0. The molecule has 0 aromatic carbocycles. The standard InChI is InChI=1S/C12H23NO3Si/c1-12(2,3)17(5,6)16-10(9-13)7-8-11(14)15-4/h10H,7-8H2,1-6H3/t10-/m0/s1. The van der Waals surface area contributed by atoms with Gasteiger partial charge in [-0.3, -0.25) is 4.79 Å². The molecule has 0 aromatic rings. The summed E-state index contributed by atoms with van der Waals surface area (Å²) in [5, 5.41) is 9.10. The van der Waals surface area contributed by atoms with E-state index in [1.165, 1.54) is 7.11 Å². The van der Waals surface area contributed by atoms with Gasteiger partial charge in [0, 0.05) is 6.42 Å². The number of hydrogen-bond acceptors (Lipinski definition) is 4. The molecule has 0 aliphatic rings. The summed E-state index contributed by atoms with van der Waals surface area (Å²) in [6.07, 6.45) is 0.106. The highest BCUT2D eigenvalue weighted by Crippen LogP contribution is 2.37. The van der Waals surface area contributed by atoms with Crippen molar-refractivity contribution in [2.75, 3.05) is 7.11 Å². The van der Waals surface area contributed by atoms with Crippen LogP contribution in [0.25, 0.3) is 0 Å². The maximum absolute atomic E-state index is 11.0. The molecule has 0 rings (SSSR count). The summed E-state index contributed by atoms with van der Waals surface area (Å²) in [6.45, 7) is 10.5. The van der Waals surface area contributed by atoms with Crippen molar-refractivity contribution in [3.8, 4) is 6.07 Å². The Morgan fingerprint density at radius 1 is 1.41 bits per heavy atom. The highest BCUT2D eigenvalue weighted by Gasteiger charge is 2.39. The van der Waals surface area contributed by atoms with E-state index < -0.39 is 14.4 Å². The zero-order chi connectivity index (χ0) is 13.7. The lowest BCUT2D eigenvalue weighted by molar-refractivity contribution is -0.141. The SMILES string of the molecule is COC(=O)CC[C@@H](C#N)O[Si](C)(C)C(C)(C)C. The number of rotatable bonds is 5. The van der Waals surface area contributed by atoms with Gasteiger partial charge >= 0.3 is 5.97 Å². The van der Waals surface area contributed by atoms with E-state index >= 15 is 0 Å². The van der Waals surface area contributed by atoms with Crippen LogP contribution in [0.4, 0.5) is 0 Å². The molecule has 0 aliphatic carbocycles. The summed E-state index contributed by atoms with van der Waals surface area (Å²) < 4.78 is 10.5. The fourth-order valence-corrected chi connectivity index (χ4v) is 2.27. The van der Waals surface area contributed by atoms with E-state index in [0.717, 1.165) is 0 Å². The third kappa shape index (κ3) is 5.33. The van der Waals surface area contributed by atoms with Crippen LogP contribution >= 0.6 is 0 Å². The molecule has 0 N–H and O–H groups in total. The van der Waals surface area contributed by atoms with Crippen LogP contribution in [0.2, 0.25) is 18.1 Å². The van der Waals surface area contributed by atoms with Gasteiger partial charge in [0.1, 0.15) is 6.10 Å². The maximum Gasteiger partial charge on any atom is 0.305 e. The normalized spacial score (nSPS) is 13.9. The van der Waals surface area contributed by atoms with Crippen molar-refractivity contribution in [3.05, 3.63) is 0 Å². The average Bonchev–Trinajstić information content (AvgIpc) is 2.21. The highest BCUT2D eigenvalue weighted by molar-refractivity contribution is 6.74. The zero-order valence-corrected chi connectivity index (χ0v) is 12.7. The molecule has 5 heteroatoms. The summed E-state index contributed by atoms with van der Waals surface area (Å²) in [5.41, 5.74) is 0. The van der Waals surface area contributed by atoms with Crippen LogP contribution < -0.4 is 0 Å². The van der Waals surface area contributed by atoms with Gasteiger partial charge in [-0.15, -0.1) is 0 Å². The van der Waals surface area contributed by atoms with Crippen LogP contribution in [-0.2, 0) is 14.0 Å². The minimum atomic E-state index is -1.95. The van der Waals surface area contributed by atoms with Gasteiger partial charge in [-0.1, -0.05) is 20.8 Å². The molecule has 0 amide bonds. The first-order chi connectivity index (χ1) is 7.64. The van der Waals surface area contributed by atoms with Gasteiger partial charge in [0.15, 0.2) is 8.32 Å². The molecular weight excluding hydrogens is 234 g/mol. The molecule has 0 spiro atoms. The first-order valence-electron chi connectivity index (χ1n) is 5.78. The lowest BCUT2D eigenvalue weighted by Gasteiger charge is -2.37. The minimum absolute atomic E-state index is 0.0629. The average molecular weight is 257 g/mol. The summed E-state index contributed by atoms with van der Waals surface area (Å²) in [7, 11) is -0.600. The van der Waals surface area contributed by atoms with Gasteiger partial charge in [0.2, 0.25) is 0 Å². The first-order valence-corrected chi connectivity index (χ1v) is 8.69. The topological polar surface area (TPSA) is 59.3 Å². The van der Waals surface area contributed by atoms with E-state index in [2.05, 4.69) is 44.7 Å². The van der Waals surface area contributed by atoms with Crippen molar-refractivity contribution in [1.82, 2.24) is 0 Å². The minimum Gasteiger partial charge on any atom is -0.469 e. The van der Waals surface area contributed by atoms with E-state index in [1.807, 2.05) is 0 Å². The van der Waals surface area contributed by atoms with Crippen molar-refractivity contribution in [2.24, 2.45) is 0 Å². The predicted molar refractivity (Wildman–Crippen MR) is 68.9 cm³/mol. The van der Waals surface area contributed by atoms with Crippen LogP contribution in [0.15, 0.2) is 0 Å². The second-order valence-electron chi connectivity index (χ2n) is 5.61. The number of carbonyl (C=O) groups is 1. The molecule has 4 nitrogen and oxygen atoms in total. The Hall–Kier alpha value is -0.863. The molecule has 0 heterocycles. The van der Waals surface area contributed by atoms with Crippen LogP contribution in [0.5, 0.6) is 0 Å². The molecule has 0 aliphatic heterocycles. The monoisotopic (exact) mass is 257 g/mol. The van der Waals surface area contributed by atoms with E-state index in [4.69, 9.17) is 9.69 Å². The van der Waals surface area contributed by atoms with Gasteiger partial charge in [-0.25, -0.2) is 0 Å². The van der Waals surface area contributed by atoms with E-state index in [-0.39, 0.29) is 17.4 Å². The molecule has 0 saturated carbocycles. The largest absolute Gasteiger partial charge is 0.469 e. The summed E-state index contributed by atoms with van der Waals surface area (Å²) in [6, 6.07) is 2.11. The van der Waals surface area contributed by atoms with Gasteiger partial charge in [-0.2, -0.15) is 5.26 Å². The fraction of sp³-hybridized carbons (Fsp3) is 0.833. The molecule has 98 valence electrons.